The van der Waals surface area contributed by atoms with Gasteiger partial charge in [-0.3, -0.25) is 19.3 Å². The lowest BCUT2D eigenvalue weighted by Crippen LogP contribution is -2.51. The molecule has 1 atom stereocenters. The number of nitrogens with one attached hydrogen (secondary N) is 1. The van der Waals surface area contributed by atoms with Crippen LogP contribution in [0.1, 0.15) is 41.0 Å². The van der Waals surface area contributed by atoms with Crippen molar-refractivity contribution in [2.75, 3.05) is 13.2 Å². The molecule has 1 fully saturated rings. The fourth-order valence-electron chi connectivity index (χ4n) is 2.24. The molecular weight excluding hydrogens is 260 g/mol. The first kappa shape index (κ1) is 16.6. The molecule has 0 spiro atoms. The number of ether oxygens (including phenoxy) is 1. The van der Waals surface area contributed by atoms with Gasteiger partial charge in [0.2, 0.25) is 11.8 Å². The first-order valence-corrected chi connectivity index (χ1v) is 6.96. The quantitative estimate of drug-likeness (QED) is 0.574. The van der Waals surface area contributed by atoms with Gasteiger partial charge in [0.05, 0.1) is 18.6 Å². The molecule has 1 unspecified atom stereocenters. The SMILES string of the molecule is CCOC(=O)C(CN1C(=O)CC(C)(C)C1=O)NC(C)C. The summed E-state index contributed by atoms with van der Waals surface area (Å²) in [7, 11) is 0. The molecule has 20 heavy (non-hydrogen) atoms. The van der Waals surface area contributed by atoms with E-state index in [4.69, 9.17) is 4.74 Å². The molecule has 6 nitrogen and oxygen atoms in total. The molecule has 2 amide bonds. The fourth-order valence-corrected chi connectivity index (χ4v) is 2.24. The Morgan fingerprint density at radius 3 is 2.40 bits per heavy atom. The number of amides is 2. The Kier molecular flexibility index (Phi) is 5.28. The molecule has 114 valence electrons. The highest BCUT2D eigenvalue weighted by molar-refractivity contribution is 6.05. The second-order valence-electron chi connectivity index (χ2n) is 6.00. The van der Waals surface area contributed by atoms with Crippen LogP contribution in [0.25, 0.3) is 0 Å². The Morgan fingerprint density at radius 1 is 1.40 bits per heavy atom. The average molecular weight is 284 g/mol. The van der Waals surface area contributed by atoms with E-state index in [1.54, 1.807) is 20.8 Å². The van der Waals surface area contributed by atoms with Gasteiger partial charge in [-0.05, 0) is 6.92 Å². The van der Waals surface area contributed by atoms with E-state index in [9.17, 15) is 14.4 Å². The number of carbonyl (C=O) groups excluding carboxylic acids is 3. The lowest BCUT2D eigenvalue weighted by Gasteiger charge is -2.25. The van der Waals surface area contributed by atoms with Crippen LogP contribution in [0.2, 0.25) is 0 Å². The van der Waals surface area contributed by atoms with Gasteiger partial charge in [-0.15, -0.1) is 0 Å². The summed E-state index contributed by atoms with van der Waals surface area (Å²) in [4.78, 5) is 37.2. The predicted molar refractivity (Wildman–Crippen MR) is 73.8 cm³/mol. The Bertz CT molecular complexity index is 404. The van der Waals surface area contributed by atoms with E-state index in [2.05, 4.69) is 5.32 Å². The second kappa shape index (κ2) is 6.35. The summed E-state index contributed by atoms with van der Waals surface area (Å²) >= 11 is 0. The molecule has 0 aromatic heterocycles. The molecule has 0 bridgehead atoms. The lowest BCUT2D eigenvalue weighted by atomic mass is 9.92. The molecular formula is C14H24N2O4. The Balaban J connectivity index is 2.82. The summed E-state index contributed by atoms with van der Waals surface area (Å²) in [5.41, 5.74) is -0.686. The normalized spacial score (nSPS) is 19.6. The van der Waals surface area contributed by atoms with Crippen LogP contribution in [-0.4, -0.2) is 47.9 Å². The van der Waals surface area contributed by atoms with Crippen molar-refractivity contribution in [1.82, 2.24) is 10.2 Å². The van der Waals surface area contributed by atoms with Gasteiger partial charge in [0, 0.05) is 12.5 Å². The maximum atomic E-state index is 12.2. The number of imide groups is 1. The van der Waals surface area contributed by atoms with Gasteiger partial charge in [-0.2, -0.15) is 0 Å². The van der Waals surface area contributed by atoms with Crippen molar-refractivity contribution in [2.45, 2.75) is 53.1 Å². The summed E-state index contributed by atoms with van der Waals surface area (Å²) in [5, 5.41) is 3.04. The fraction of sp³-hybridized carbons (Fsp3) is 0.786. The van der Waals surface area contributed by atoms with Crippen LogP contribution < -0.4 is 5.32 Å². The van der Waals surface area contributed by atoms with Crippen LogP contribution in [0, 0.1) is 5.41 Å². The smallest absolute Gasteiger partial charge is 0.325 e. The van der Waals surface area contributed by atoms with Gasteiger partial charge in [-0.1, -0.05) is 27.7 Å². The van der Waals surface area contributed by atoms with Crippen molar-refractivity contribution in [3.05, 3.63) is 0 Å². The minimum absolute atomic E-state index is 0.0259. The van der Waals surface area contributed by atoms with E-state index in [0.717, 1.165) is 4.90 Å². The maximum absolute atomic E-state index is 12.2. The van der Waals surface area contributed by atoms with Gasteiger partial charge in [0.15, 0.2) is 0 Å². The van der Waals surface area contributed by atoms with E-state index in [0.29, 0.717) is 0 Å². The van der Waals surface area contributed by atoms with Crippen LogP contribution in [0.15, 0.2) is 0 Å². The van der Waals surface area contributed by atoms with Crippen molar-refractivity contribution in [2.24, 2.45) is 5.41 Å². The van der Waals surface area contributed by atoms with Crippen LogP contribution >= 0.6 is 0 Å². The number of hydrogen-bond acceptors (Lipinski definition) is 5. The summed E-state index contributed by atoms with van der Waals surface area (Å²) in [6.45, 7) is 9.28. The van der Waals surface area contributed by atoms with Crippen molar-refractivity contribution >= 4 is 17.8 Å². The third kappa shape index (κ3) is 3.79. The Labute approximate surface area is 119 Å². The number of rotatable bonds is 6. The summed E-state index contributed by atoms with van der Waals surface area (Å²) in [6.07, 6.45) is 0.184. The maximum Gasteiger partial charge on any atom is 0.325 e. The molecule has 0 aromatic rings. The average Bonchev–Trinajstić information content (AvgIpc) is 2.50. The molecule has 1 N–H and O–H groups in total. The molecule has 0 aromatic carbocycles. The van der Waals surface area contributed by atoms with Crippen LogP contribution in [-0.2, 0) is 19.1 Å². The molecule has 1 saturated heterocycles. The number of nitrogens with zero attached hydrogens (tertiary/aromatic N) is 1. The first-order valence-electron chi connectivity index (χ1n) is 6.96. The van der Waals surface area contributed by atoms with Gasteiger partial charge < -0.3 is 10.1 Å². The number of likely N-dealkylation sites (tertiary alicyclic amines) is 1. The Morgan fingerprint density at radius 2 is 2.00 bits per heavy atom. The summed E-state index contributed by atoms with van der Waals surface area (Å²) < 4.78 is 4.99. The van der Waals surface area contributed by atoms with Gasteiger partial charge in [0.25, 0.3) is 0 Å². The lowest BCUT2D eigenvalue weighted by molar-refractivity contribution is -0.148. The highest BCUT2D eigenvalue weighted by Crippen LogP contribution is 2.31. The zero-order valence-electron chi connectivity index (χ0n) is 12.9. The van der Waals surface area contributed by atoms with E-state index in [1.807, 2.05) is 13.8 Å². The third-order valence-electron chi connectivity index (χ3n) is 3.19. The van der Waals surface area contributed by atoms with E-state index in [1.165, 1.54) is 0 Å². The van der Waals surface area contributed by atoms with Crippen LogP contribution in [0.5, 0.6) is 0 Å². The van der Waals surface area contributed by atoms with Gasteiger partial charge in [0.1, 0.15) is 6.04 Å². The van der Waals surface area contributed by atoms with Crippen molar-refractivity contribution < 1.29 is 19.1 Å². The van der Waals surface area contributed by atoms with Crippen LogP contribution in [0.4, 0.5) is 0 Å². The van der Waals surface area contributed by atoms with E-state index in [-0.39, 0.29) is 37.4 Å². The van der Waals surface area contributed by atoms with Crippen molar-refractivity contribution in [3.63, 3.8) is 0 Å². The topological polar surface area (TPSA) is 75.7 Å². The van der Waals surface area contributed by atoms with E-state index >= 15 is 0 Å². The minimum atomic E-state index is -0.686. The van der Waals surface area contributed by atoms with Crippen LogP contribution in [0.3, 0.4) is 0 Å². The number of esters is 1. The van der Waals surface area contributed by atoms with Gasteiger partial charge in [-0.25, -0.2) is 0 Å². The molecule has 1 heterocycles. The number of hydrogen-bond donors (Lipinski definition) is 1. The van der Waals surface area contributed by atoms with Crippen molar-refractivity contribution in [1.29, 1.82) is 0 Å². The molecule has 0 aliphatic carbocycles. The van der Waals surface area contributed by atoms with Gasteiger partial charge >= 0.3 is 5.97 Å². The zero-order chi connectivity index (χ0) is 15.5. The minimum Gasteiger partial charge on any atom is -0.465 e. The number of carbonyl (C=O) groups is 3. The summed E-state index contributed by atoms with van der Waals surface area (Å²) in [5.74, 6) is -0.909. The molecule has 0 radical (unpaired) electrons. The molecule has 1 aliphatic rings. The van der Waals surface area contributed by atoms with E-state index < -0.39 is 17.4 Å². The third-order valence-corrected chi connectivity index (χ3v) is 3.19. The molecule has 0 saturated carbocycles. The summed E-state index contributed by atoms with van der Waals surface area (Å²) in [6, 6.07) is -0.637. The zero-order valence-corrected chi connectivity index (χ0v) is 12.9. The Hall–Kier alpha value is -1.43. The molecule has 1 aliphatic heterocycles. The highest BCUT2D eigenvalue weighted by atomic mass is 16.5. The van der Waals surface area contributed by atoms with Crippen molar-refractivity contribution in [3.8, 4) is 0 Å². The predicted octanol–water partition coefficient (Wildman–Crippen LogP) is 0.701. The standard InChI is InChI=1S/C14H24N2O4/c1-6-20-12(18)10(15-9(2)3)8-16-11(17)7-14(4,5)13(16)19/h9-10,15H,6-8H2,1-5H3. The molecule has 6 heteroatoms. The monoisotopic (exact) mass is 284 g/mol. The molecule has 1 rings (SSSR count). The largest absolute Gasteiger partial charge is 0.465 e. The first-order chi connectivity index (χ1) is 9.19. The highest BCUT2D eigenvalue weighted by Gasteiger charge is 2.46. The second-order valence-corrected chi connectivity index (χ2v) is 6.00.